The van der Waals surface area contributed by atoms with Crippen LogP contribution >= 0.6 is 0 Å². The van der Waals surface area contributed by atoms with Crippen LogP contribution in [0.4, 0.5) is 0 Å². The molecular weight excluding hydrogens is 254 g/mol. The predicted octanol–water partition coefficient (Wildman–Crippen LogP) is 2.97. The Hall–Kier alpha value is -2.04. The Kier molecular flexibility index (Phi) is 4.98. The highest BCUT2D eigenvalue weighted by Gasteiger charge is 2.05. The summed E-state index contributed by atoms with van der Waals surface area (Å²) in [5.74, 6) is 6.54. The first-order valence-corrected chi connectivity index (χ1v) is 6.40. The fourth-order valence-electron chi connectivity index (χ4n) is 1.87. The van der Waals surface area contributed by atoms with Crippen LogP contribution in [-0.4, -0.2) is 7.11 Å². The Morgan fingerprint density at radius 3 is 2.40 bits per heavy atom. The highest BCUT2D eigenvalue weighted by molar-refractivity contribution is 5.40. The number of ether oxygens (including phenoxy) is 2. The first kappa shape index (κ1) is 14.4. The maximum atomic E-state index is 5.76. The maximum Gasteiger partial charge on any atom is 0.128 e. The molecule has 0 aliphatic carbocycles. The van der Waals surface area contributed by atoms with Crippen molar-refractivity contribution < 1.29 is 14.3 Å². The molecule has 0 aliphatic heterocycles. The van der Waals surface area contributed by atoms with Crippen molar-refractivity contribution in [2.75, 3.05) is 7.11 Å². The smallest absolute Gasteiger partial charge is 0.128 e. The van der Waals surface area contributed by atoms with E-state index in [0.29, 0.717) is 19.0 Å². The number of hydrogen-bond donors (Lipinski definition) is 1. The van der Waals surface area contributed by atoms with Crippen LogP contribution in [0.3, 0.4) is 0 Å². The van der Waals surface area contributed by atoms with Gasteiger partial charge in [-0.3, -0.25) is 4.84 Å². The molecule has 0 fully saturated rings. The molecule has 0 spiro atoms. The minimum Gasteiger partial charge on any atom is -0.496 e. The minimum absolute atomic E-state index is 0.307. The number of rotatable bonds is 6. The molecule has 106 valence electrons. The third kappa shape index (κ3) is 3.73. The van der Waals surface area contributed by atoms with Crippen molar-refractivity contribution in [1.82, 2.24) is 0 Å². The zero-order valence-corrected chi connectivity index (χ0v) is 11.8. The van der Waals surface area contributed by atoms with E-state index in [2.05, 4.69) is 36.0 Å². The van der Waals surface area contributed by atoms with E-state index >= 15 is 0 Å². The summed E-state index contributed by atoms with van der Waals surface area (Å²) in [6, 6.07) is 13.9. The van der Waals surface area contributed by atoms with Crippen LogP contribution in [0, 0.1) is 6.92 Å². The third-order valence-electron chi connectivity index (χ3n) is 3.02. The van der Waals surface area contributed by atoms with E-state index in [1.54, 1.807) is 7.11 Å². The average Bonchev–Trinajstić information content (AvgIpc) is 2.48. The summed E-state index contributed by atoms with van der Waals surface area (Å²) in [5.41, 5.74) is 3.25. The Bertz CT molecular complexity index is 552. The minimum atomic E-state index is 0.307. The van der Waals surface area contributed by atoms with Gasteiger partial charge in [-0.1, -0.05) is 29.8 Å². The van der Waals surface area contributed by atoms with Crippen LogP contribution in [0.25, 0.3) is 0 Å². The first-order chi connectivity index (χ1) is 9.72. The first-order valence-electron chi connectivity index (χ1n) is 6.40. The van der Waals surface area contributed by atoms with Crippen molar-refractivity contribution in [1.29, 1.82) is 0 Å². The van der Waals surface area contributed by atoms with Gasteiger partial charge in [0.2, 0.25) is 0 Å². The lowest BCUT2D eigenvalue weighted by molar-refractivity contribution is 0.122. The Morgan fingerprint density at radius 2 is 1.75 bits per heavy atom. The van der Waals surface area contributed by atoms with Gasteiger partial charge in [-0.2, -0.15) is 0 Å². The topological polar surface area (TPSA) is 53.7 Å². The van der Waals surface area contributed by atoms with Gasteiger partial charge in [-0.15, -0.1) is 0 Å². The summed E-state index contributed by atoms with van der Waals surface area (Å²) in [4.78, 5) is 4.63. The van der Waals surface area contributed by atoms with Gasteiger partial charge in [0.25, 0.3) is 0 Å². The molecule has 2 N–H and O–H groups in total. The molecule has 2 aromatic rings. The van der Waals surface area contributed by atoms with Crippen LogP contribution in [0.15, 0.2) is 42.5 Å². The molecule has 0 saturated heterocycles. The normalized spacial score (nSPS) is 10.3. The SMILES string of the molecule is COc1cc(OCc2ccc(C)cc2)ccc1CON. The number of methoxy groups -OCH3 is 1. The number of nitrogens with two attached hydrogens (primary N) is 1. The number of benzene rings is 2. The van der Waals surface area contributed by atoms with Crippen LogP contribution in [0.5, 0.6) is 11.5 Å². The molecule has 0 amide bonds. The molecule has 0 saturated carbocycles. The lowest BCUT2D eigenvalue weighted by Gasteiger charge is -2.11. The monoisotopic (exact) mass is 273 g/mol. The average molecular weight is 273 g/mol. The van der Waals surface area contributed by atoms with E-state index in [4.69, 9.17) is 15.4 Å². The Balaban J connectivity index is 2.04. The van der Waals surface area contributed by atoms with Crippen molar-refractivity contribution in [3.05, 3.63) is 59.2 Å². The van der Waals surface area contributed by atoms with Crippen molar-refractivity contribution >= 4 is 0 Å². The summed E-state index contributed by atoms with van der Waals surface area (Å²) >= 11 is 0. The van der Waals surface area contributed by atoms with Crippen molar-refractivity contribution in [2.24, 2.45) is 5.90 Å². The van der Waals surface area contributed by atoms with Crippen LogP contribution in [0.1, 0.15) is 16.7 Å². The zero-order valence-electron chi connectivity index (χ0n) is 11.8. The summed E-state index contributed by atoms with van der Waals surface area (Å²) in [6.07, 6.45) is 0. The van der Waals surface area contributed by atoms with Gasteiger partial charge in [-0.05, 0) is 24.6 Å². The van der Waals surface area contributed by atoms with E-state index in [-0.39, 0.29) is 0 Å². The summed E-state index contributed by atoms with van der Waals surface area (Å²) in [5, 5.41) is 0. The van der Waals surface area contributed by atoms with E-state index < -0.39 is 0 Å². The third-order valence-corrected chi connectivity index (χ3v) is 3.02. The van der Waals surface area contributed by atoms with Gasteiger partial charge in [-0.25, -0.2) is 5.90 Å². The van der Waals surface area contributed by atoms with E-state index in [1.165, 1.54) is 5.56 Å². The molecule has 0 unspecified atom stereocenters. The van der Waals surface area contributed by atoms with Crippen molar-refractivity contribution in [3.63, 3.8) is 0 Å². The molecule has 0 bridgehead atoms. The molecule has 2 rings (SSSR count). The summed E-state index contributed by atoms with van der Waals surface area (Å²) in [6.45, 7) is 2.89. The van der Waals surface area contributed by atoms with Gasteiger partial charge in [0.15, 0.2) is 0 Å². The molecule has 0 atom stereocenters. The van der Waals surface area contributed by atoms with Gasteiger partial charge in [0.1, 0.15) is 18.1 Å². The molecule has 0 heterocycles. The van der Waals surface area contributed by atoms with Gasteiger partial charge in [0, 0.05) is 11.6 Å². The highest BCUT2D eigenvalue weighted by Crippen LogP contribution is 2.25. The molecule has 0 aromatic heterocycles. The molecule has 2 aromatic carbocycles. The largest absolute Gasteiger partial charge is 0.496 e. The molecule has 20 heavy (non-hydrogen) atoms. The maximum absolute atomic E-state index is 5.76. The summed E-state index contributed by atoms with van der Waals surface area (Å²) < 4.78 is 11.0. The van der Waals surface area contributed by atoms with Gasteiger partial charge >= 0.3 is 0 Å². The van der Waals surface area contributed by atoms with Gasteiger partial charge in [0.05, 0.1) is 13.7 Å². The fourth-order valence-corrected chi connectivity index (χ4v) is 1.87. The second-order valence-electron chi connectivity index (χ2n) is 4.56. The lowest BCUT2D eigenvalue weighted by atomic mass is 10.1. The fraction of sp³-hybridized carbons (Fsp3) is 0.250. The highest BCUT2D eigenvalue weighted by atomic mass is 16.6. The molecule has 0 aliphatic rings. The standard InChI is InChI=1S/C16H19NO3/c1-12-3-5-13(6-4-12)10-19-15-8-7-14(11-20-17)16(9-15)18-2/h3-9H,10-11,17H2,1-2H3. The van der Waals surface area contributed by atoms with Crippen LogP contribution < -0.4 is 15.4 Å². The number of aryl methyl sites for hydroxylation is 1. The summed E-state index contributed by atoms with van der Waals surface area (Å²) in [7, 11) is 1.61. The quantitative estimate of drug-likeness (QED) is 0.822. The van der Waals surface area contributed by atoms with Crippen LogP contribution in [0.2, 0.25) is 0 Å². The van der Waals surface area contributed by atoms with E-state index in [9.17, 15) is 0 Å². The molecular formula is C16H19NO3. The lowest BCUT2D eigenvalue weighted by Crippen LogP contribution is -2.02. The predicted molar refractivity (Wildman–Crippen MR) is 77.5 cm³/mol. The zero-order chi connectivity index (χ0) is 14.4. The second kappa shape index (κ2) is 6.93. The van der Waals surface area contributed by atoms with Crippen molar-refractivity contribution in [2.45, 2.75) is 20.1 Å². The van der Waals surface area contributed by atoms with E-state index in [1.807, 2.05) is 18.2 Å². The molecule has 0 radical (unpaired) electrons. The molecule has 4 nitrogen and oxygen atoms in total. The van der Waals surface area contributed by atoms with Gasteiger partial charge < -0.3 is 9.47 Å². The van der Waals surface area contributed by atoms with E-state index in [0.717, 1.165) is 16.9 Å². The molecule has 4 heteroatoms. The second-order valence-corrected chi connectivity index (χ2v) is 4.56. The van der Waals surface area contributed by atoms with Crippen LogP contribution in [-0.2, 0) is 18.1 Å². The Morgan fingerprint density at radius 1 is 1.00 bits per heavy atom. The number of hydrogen-bond acceptors (Lipinski definition) is 4. The Labute approximate surface area is 119 Å². The van der Waals surface area contributed by atoms with Crippen molar-refractivity contribution in [3.8, 4) is 11.5 Å².